The van der Waals surface area contributed by atoms with Crippen LogP contribution in [0.5, 0.6) is 0 Å². The van der Waals surface area contributed by atoms with E-state index in [0.717, 1.165) is 24.4 Å². The van der Waals surface area contributed by atoms with E-state index in [9.17, 15) is 17.6 Å². The van der Waals surface area contributed by atoms with Crippen LogP contribution in [-0.2, 0) is 17.2 Å². The first-order chi connectivity index (χ1) is 10.1. The Labute approximate surface area is 147 Å². The Morgan fingerprint density at radius 1 is 1.26 bits per heavy atom. The second-order valence-corrected chi connectivity index (χ2v) is 6.59. The molecular formula is C12H10Cl3FN2O4S. The molecule has 23 heavy (non-hydrogen) atoms. The highest BCUT2D eigenvalue weighted by molar-refractivity contribution is 7.85. The van der Waals surface area contributed by atoms with Crippen LogP contribution in [0.4, 0.5) is 10.1 Å². The van der Waals surface area contributed by atoms with Crippen molar-refractivity contribution in [2.24, 2.45) is 7.05 Å². The van der Waals surface area contributed by atoms with Crippen LogP contribution in [0.25, 0.3) is 0 Å². The fourth-order valence-electron chi connectivity index (χ4n) is 1.72. The van der Waals surface area contributed by atoms with Gasteiger partial charge in [-0.15, -0.1) is 12.4 Å². The number of nitrogens with zero attached hydrogens (tertiary/aromatic N) is 1. The molecule has 0 fully saturated rings. The number of aryl methyl sites for hydroxylation is 1. The van der Waals surface area contributed by atoms with Crippen LogP contribution in [0.2, 0.25) is 10.0 Å². The van der Waals surface area contributed by atoms with E-state index in [-0.39, 0.29) is 33.8 Å². The molecule has 0 radical (unpaired) electrons. The maximum absolute atomic E-state index is 13.3. The number of anilines is 1. The number of aromatic nitrogens is 1. The van der Waals surface area contributed by atoms with Crippen molar-refractivity contribution < 1.29 is 22.2 Å². The number of carbonyl (C=O) groups excluding carboxylic acids is 1. The van der Waals surface area contributed by atoms with Crippen molar-refractivity contribution in [2.45, 2.75) is 4.90 Å². The summed E-state index contributed by atoms with van der Waals surface area (Å²) in [6.07, 6.45) is 1.08. The van der Waals surface area contributed by atoms with Gasteiger partial charge in [0.25, 0.3) is 16.0 Å². The third-order valence-corrected chi connectivity index (χ3v) is 4.12. The van der Waals surface area contributed by atoms with E-state index in [4.69, 9.17) is 27.8 Å². The molecule has 1 aromatic carbocycles. The highest BCUT2D eigenvalue weighted by Gasteiger charge is 2.19. The van der Waals surface area contributed by atoms with Crippen LogP contribution in [0.3, 0.4) is 0 Å². The molecule has 0 spiro atoms. The zero-order valence-electron chi connectivity index (χ0n) is 11.4. The zero-order valence-corrected chi connectivity index (χ0v) is 14.5. The average molecular weight is 404 g/mol. The predicted molar refractivity (Wildman–Crippen MR) is 86.8 cm³/mol. The molecule has 6 nitrogen and oxygen atoms in total. The molecule has 0 aliphatic rings. The maximum atomic E-state index is 13.3. The van der Waals surface area contributed by atoms with Gasteiger partial charge in [-0.3, -0.25) is 9.35 Å². The quantitative estimate of drug-likeness (QED) is 0.607. The van der Waals surface area contributed by atoms with Crippen molar-refractivity contribution in [3.8, 4) is 0 Å². The number of hydrogen-bond donors (Lipinski definition) is 2. The molecule has 2 rings (SSSR count). The standard InChI is InChI=1S/C12H9Cl2FN2O4S.ClH/c1-17-5-7(22(19,20)21)4-10(17)12(18)16-6-2-8(13)11(15)9(14)3-6;/h2-5H,1H3,(H,16,18)(H,19,20,21);1H. The molecule has 0 unspecified atom stereocenters. The first-order valence-corrected chi connectivity index (χ1v) is 7.89. The van der Waals surface area contributed by atoms with Crippen molar-refractivity contribution in [1.29, 1.82) is 0 Å². The van der Waals surface area contributed by atoms with Crippen LogP contribution >= 0.6 is 35.6 Å². The van der Waals surface area contributed by atoms with E-state index >= 15 is 0 Å². The highest BCUT2D eigenvalue weighted by atomic mass is 35.5. The number of amides is 1. The molecule has 2 aromatic rings. The van der Waals surface area contributed by atoms with Crippen LogP contribution in [0, 0.1) is 5.82 Å². The van der Waals surface area contributed by atoms with E-state index in [1.54, 1.807) is 0 Å². The van der Waals surface area contributed by atoms with Gasteiger partial charge in [-0.2, -0.15) is 8.42 Å². The Balaban J connectivity index is 0.00000264. The normalized spacial score (nSPS) is 11.0. The van der Waals surface area contributed by atoms with Gasteiger partial charge in [0.05, 0.1) is 10.0 Å². The minimum atomic E-state index is -4.42. The van der Waals surface area contributed by atoms with E-state index in [1.165, 1.54) is 11.6 Å². The van der Waals surface area contributed by atoms with Gasteiger partial charge in [-0.1, -0.05) is 23.2 Å². The van der Waals surface area contributed by atoms with Crippen molar-refractivity contribution in [3.05, 3.63) is 46.0 Å². The van der Waals surface area contributed by atoms with E-state index < -0.39 is 26.7 Å². The summed E-state index contributed by atoms with van der Waals surface area (Å²) in [5.74, 6) is -1.50. The van der Waals surface area contributed by atoms with Crippen molar-refractivity contribution in [2.75, 3.05) is 5.32 Å². The highest BCUT2D eigenvalue weighted by Crippen LogP contribution is 2.27. The van der Waals surface area contributed by atoms with Crippen LogP contribution in [0.1, 0.15) is 10.5 Å². The van der Waals surface area contributed by atoms with Crippen molar-refractivity contribution in [3.63, 3.8) is 0 Å². The summed E-state index contributed by atoms with van der Waals surface area (Å²) >= 11 is 11.2. The molecule has 0 saturated carbocycles. The zero-order chi connectivity index (χ0) is 16.7. The molecule has 126 valence electrons. The van der Waals surface area contributed by atoms with Crippen molar-refractivity contribution >= 4 is 57.3 Å². The van der Waals surface area contributed by atoms with Gasteiger partial charge in [-0.25, -0.2) is 4.39 Å². The molecule has 2 N–H and O–H groups in total. The molecule has 1 heterocycles. The number of halogens is 4. The summed E-state index contributed by atoms with van der Waals surface area (Å²) in [4.78, 5) is 11.7. The summed E-state index contributed by atoms with van der Waals surface area (Å²) in [7, 11) is -3.00. The van der Waals surface area contributed by atoms with Gasteiger partial charge in [-0.05, 0) is 18.2 Å². The molecule has 0 aliphatic carbocycles. The molecule has 1 amide bonds. The molecular weight excluding hydrogens is 394 g/mol. The number of carbonyl (C=O) groups is 1. The Kier molecular flexibility index (Phi) is 6.06. The number of hydrogen-bond acceptors (Lipinski definition) is 3. The Morgan fingerprint density at radius 2 is 1.78 bits per heavy atom. The minimum absolute atomic E-state index is 0. The number of nitrogens with one attached hydrogen (secondary N) is 1. The summed E-state index contributed by atoms with van der Waals surface area (Å²) in [6.45, 7) is 0. The summed E-state index contributed by atoms with van der Waals surface area (Å²) in [5, 5.41) is 1.86. The van der Waals surface area contributed by atoms with Gasteiger partial charge < -0.3 is 9.88 Å². The lowest BCUT2D eigenvalue weighted by molar-refractivity contribution is 0.101. The molecule has 0 saturated heterocycles. The first kappa shape index (κ1) is 19.7. The molecule has 0 bridgehead atoms. The third-order valence-electron chi connectivity index (χ3n) is 2.75. The Hall–Kier alpha value is -1.32. The smallest absolute Gasteiger partial charge is 0.296 e. The predicted octanol–water partition coefficient (Wildman–Crippen LogP) is 3.39. The van der Waals surface area contributed by atoms with Gasteiger partial charge in [0, 0.05) is 18.9 Å². The average Bonchev–Trinajstić information content (AvgIpc) is 2.78. The summed E-state index contributed by atoms with van der Waals surface area (Å²) in [5.41, 5.74) is 0.0974. The Bertz CT molecular complexity index is 844. The lowest BCUT2D eigenvalue weighted by atomic mass is 10.3. The number of rotatable bonds is 3. The largest absolute Gasteiger partial charge is 0.345 e. The SMILES string of the molecule is Cl.Cn1cc(S(=O)(=O)O)cc1C(=O)Nc1cc(Cl)c(F)c(Cl)c1. The van der Waals surface area contributed by atoms with Gasteiger partial charge in [0.15, 0.2) is 5.82 Å². The lowest BCUT2D eigenvalue weighted by Crippen LogP contribution is -2.15. The topological polar surface area (TPSA) is 88.4 Å². The van der Waals surface area contributed by atoms with E-state index in [1.807, 2.05) is 0 Å². The fraction of sp³-hybridized carbons (Fsp3) is 0.0833. The van der Waals surface area contributed by atoms with Crippen molar-refractivity contribution in [1.82, 2.24) is 4.57 Å². The lowest BCUT2D eigenvalue weighted by Gasteiger charge is -2.07. The molecule has 0 atom stereocenters. The van der Waals surface area contributed by atoms with Gasteiger partial charge in [0.1, 0.15) is 10.6 Å². The van der Waals surface area contributed by atoms with Gasteiger partial charge >= 0.3 is 0 Å². The van der Waals surface area contributed by atoms with Gasteiger partial charge in [0.2, 0.25) is 0 Å². The van der Waals surface area contributed by atoms with Crippen LogP contribution < -0.4 is 5.32 Å². The molecule has 1 aromatic heterocycles. The third kappa shape index (κ3) is 4.36. The summed E-state index contributed by atoms with van der Waals surface area (Å²) < 4.78 is 45.5. The first-order valence-electron chi connectivity index (χ1n) is 5.69. The Morgan fingerprint density at radius 3 is 2.22 bits per heavy atom. The van der Waals surface area contributed by atoms with Crippen LogP contribution in [0.15, 0.2) is 29.3 Å². The maximum Gasteiger partial charge on any atom is 0.296 e. The monoisotopic (exact) mass is 402 g/mol. The minimum Gasteiger partial charge on any atom is -0.345 e. The second-order valence-electron chi connectivity index (χ2n) is 4.36. The second kappa shape index (κ2) is 7.06. The summed E-state index contributed by atoms with van der Waals surface area (Å²) in [6, 6.07) is 3.32. The molecule has 0 aliphatic heterocycles. The molecule has 11 heteroatoms. The van der Waals surface area contributed by atoms with Crippen LogP contribution in [-0.4, -0.2) is 23.4 Å². The number of benzene rings is 1. The van der Waals surface area contributed by atoms with E-state index in [2.05, 4.69) is 5.32 Å². The fourth-order valence-corrected chi connectivity index (χ4v) is 2.76. The van der Waals surface area contributed by atoms with E-state index in [0.29, 0.717) is 0 Å².